The van der Waals surface area contributed by atoms with E-state index >= 15 is 0 Å². The summed E-state index contributed by atoms with van der Waals surface area (Å²) in [5.74, 6) is 0. The van der Waals surface area contributed by atoms with Crippen LogP contribution in [0.2, 0.25) is 0 Å². The summed E-state index contributed by atoms with van der Waals surface area (Å²) in [7, 11) is 0. The van der Waals surface area contributed by atoms with Gasteiger partial charge in [0.25, 0.3) is 0 Å². The van der Waals surface area contributed by atoms with Gasteiger partial charge in [-0.3, -0.25) is 0 Å². The average molecular weight is 368 g/mol. The summed E-state index contributed by atoms with van der Waals surface area (Å²) in [5, 5.41) is 0. The zero-order chi connectivity index (χ0) is 12.0. The second-order valence-electron chi connectivity index (χ2n) is 4.24. The van der Waals surface area contributed by atoms with E-state index in [4.69, 9.17) is 0 Å². The minimum atomic E-state index is 0.530. The van der Waals surface area contributed by atoms with E-state index in [1.54, 1.807) is 0 Å². The third-order valence-corrected chi connectivity index (χ3v) is 5.98. The van der Waals surface area contributed by atoms with Crippen LogP contribution in [0, 0.1) is 6.92 Å². The van der Waals surface area contributed by atoms with E-state index in [1.807, 2.05) is 11.3 Å². The summed E-state index contributed by atoms with van der Waals surface area (Å²) in [4.78, 5) is 3.37. The number of unbranched alkanes of at least 4 members (excludes halogenated alkanes) is 4. The molecule has 0 fully saturated rings. The summed E-state index contributed by atoms with van der Waals surface area (Å²) < 4.78 is 1.27. The van der Waals surface area contributed by atoms with Crippen LogP contribution >= 0.6 is 43.2 Å². The van der Waals surface area contributed by atoms with Crippen LogP contribution in [-0.2, 0) is 0 Å². The lowest BCUT2D eigenvalue weighted by Gasteiger charge is -2.08. The van der Waals surface area contributed by atoms with Crippen molar-refractivity contribution in [2.45, 2.75) is 57.2 Å². The van der Waals surface area contributed by atoms with Crippen molar-refractivity contribution in [2.75, 3.05) is 0 Å². The zero-order valence-corrected chi connectivity index (χ0v) is 14.1. The normalized spacial score (nSPS) is 13.0. The molecule has 1 atom stereocenters. The molecule has 0 aliphatic rings. The van der Waals surface area contributed by atoms with Crippen LogP contribution in [-0.4, -0.2) is 0 Å². The van der Waals surface area contributed by atoms with E-state index < -0.39 is 0 Å². The third kappa shape index (κ3) is 4.89. The van der Waals surface area contributed by atoms with Crippen LogP contribution in [0.3, 0.4) is 0 Å². The lowest BCUT2D eigenvalue weighted by atomic mass is 10.1. The van der Waals surface area contributed by atoms with Gasteiger partial charge in [-0.1, -0.05) is 55.0 Å². The summed E-state index contributed by atoms with van der Waals surface area (Å²) in [6.07, 6.45) is 8.06. The highest BCUT2D eigenvalue weighted by atomic mass is 79.9. The van der Waals surface area contributed by atoms with E-state index in [9.17, 15) is 0 Å². The highest BCUT2D eigenvalue weighted by Gasteiger charge is 2.13. The lowest BCUT2D eigenvalue weighted by molar-refractivity contribution is 0.607. The Kier molecular flexibility index (Phi) is 7.25. The average Bonchev–Trinajstić information content (AvgIpc) is 2.57. The van der Waals surface area contributed by atoms with Crippen LogP contribution in [0.25, 0.3) is 0 Å². The van der Waals surface area contributed by atoms with E-state index in [2.05, 4.69) is 51.8 Å². The van der Waals surface area contributed by atoms with Crippen molar-refractivity contribution in [2.24, 2.45) is 0 Å². The van der Waals surface area contributed by atoms with Gasteiger partial charge in [-0.25, -0.2) is 0 Å². The first-order valence-electron chi connectivity index (χ1n) is 6.05. The quantitative estimate of drug-likeness (QED) is 0.375. The fourth-order valence-electron chi connectivity index (χ4n) is 1.77. The molecule has 0 aliphatic carbocycles. The van der Waals surface area contributed by atoms with Crippen molar-refractivity contribution >= 4 is 43.2 Å². The highest BCUT2D eigenvalue weighted by Crippen LogP contribution is 2.39. The second kappa shape index (κ2) is 7.88. The SMILES string of the molecule is CCCCCCCC(Br)c1sc(C)cc1Br. The Hall–Kier alpha value is 0.660. The van der Waals surface area contributed by atoms with E-state index in [-0.39, 0.29) is 0 Å². The van der Waals surface area contributed by atoms with Crippen LogP contribution in [0.15, 0.2) is 10.5 Å². The van der Waals surface area contributed by atoms with Crippen LogP contribution in [0.1, 0.15) is 60.0 Å². The molecule has 0 saturated heterocycles. The summed E-state index contributed by atoms with van der Waals surface area (Å²) >= 11 is 9.33. The fourth-order valence-corrected chi connectivity index (χ4v) is 4.87. The predicted octanol–water partition coefficient (Wildman–Crippen LogP) is 6.62. The first-order chi connectivity index (χ1) is 7.65. The molecular weight excluding hydrogens is 348 g/mol. The van der Waals surface area contributed by atoms with Crippen molar-refractivity contribution in [3.05, 3.63) is 20.3 Å². The molecule has 1 rings (SSSR count). The predicted molar refractivity (Wildman–Crippen MR) is 81.8 cm³/mol. The number of rotatable bonds is 7. The number of hydrogen-bond donors (Lipinski definition) is 0. The second-order valence-corrected chi connectivity index (χ2v) is 7.49. The molecule has 1 heterocycles. The fraction of sp³-hybridized carbons (Fsp3) is 0.692. The van der Waals surface area contributed by atoms with Crippen molar-refractivity contribution in [3.63, 3.8) is 0 Å². The number of halogens is 2. The monoisotopic (exact) mass is 366 g/mol. The number of thiophene rings is 1. The van der Waals surface area contributed by atoms with Gasteiger partial charge in [-0.05, 0) is 35.3 Å². The van der Waals surface area contributed by atoms with E-state index in [0.717, 1.165) is 0 Å². The first-order valence-corrected chi connectivity index (χ1v) is 8.57. The van der Waals surface area contributed by atoms with E-state index in [1.165, 1.54) is 52.8 Å². The van der Waals surface area contributed by atoms with Gasteiger partial charge in [0, 0.05) is 14.2 Å². The molecule has 0 nitrogen and oxygen atoms in total. The Balaban J connectivity index is 2.29. The van der Waals surface area contributed by atoms with Crippen molar-refractivity contribution in [1.82, 2.24) is 0 Å². The van der Waals surface area contributed by atoms with E-state index in [0.29, 0.717) is 4.83 Å². The summed E-state index contributed by atoms with van der Waals surface area (Å²) in [6.45, 7) is 4.43. The molecule has 0 aliphatic heterocycles. The van der Waals surface area contributed by atoms with Gasteiger partial charge in [0.2, 0.25) is 0 Å². The van der Waals surface area contributed by atoms with Crippen molar-refractivity contribution in [1.29, 1.82) is 0 Å². The van der Waals surface area contributed by atoms with Gasteiger partial charge in [0.05, 0.1) is 4.83 Å². The minimum absolute atomic E-state index is 0.530. The summed E-state index contributed by atoms with van der Waals surface area (Å²) in [5.41, 5.74) is 0. The van der Waals surface area contributed by atoms with Crippen LogP contribution < -0.4 is 0 Å². The number of hydrogen-bond acceptors (Lipinski definition) is 1. The third-order valence-electron chi connectivity index (χ3n) is 2.68. The van der Waals surface area contributed by atoms with Crippen LogP contribution in [0.4, 0.5) is 0 Å². The smallest absolute Gasteiger partial charge is 0.0500 e. The van der Waals surface area contributed by atoms with Crippen molar-refractivity contribution < 1.29 is 0 Å². The van der Waals surface area contributed by atoms with Gasteiger partial charge >= 0.3 is 0 Å². The molecular formula is C13H20Br2S. The topological polar surface area (TPSA) is 0 Å². The van der Waals surface area contributed by atoms with Gasteiger partial charge in [0.15, 0.2) is 0 Å². The lowest BCUT2D eigenvalue weighted by Crippen LogP contribution is -1.88. The maximum atomic E-state index is 3.80. The Morgan fingerprint density at radius 1 is 1.25 bits per heavy atom. The van der Waals surface area contributed by atoms with Gasteiger partial charge in [0.1, 0.15) is 0 Å². The minimum Gasteiger partial charge on any atom is -0.143 e. The highest BCUT2D eigenvalue weighted by molar-refractivity contribution is 9.11. The van der Waals surface area contributed by atoms with Crippen molar-refractivity contribution in [3.8, 4) is 0 Å². The molecule has 16 heavy (non-hydrogen) atoms. The first kappa shape index (κ1) is 14.7. The molecule has 0 aromatic carbocycles. The zero-order valence-electron chi connectivity index (χ0n) is 10.1. The molecule has 0 N–H and O–H groups in total. The molecule has 1 unspecified atom stereocenters. The maximum absolute atomic E-state index is 3.80. The Morgan fingerprint density at radius 2 is 1.94 bits per heavy atom. The van der Waals surface area contributed by atoms with Gasteiger partial charge in [-0.2, -0.15) is 0 Å². The molecule has 1 aromatic rings. The van der Waals surface area contributed by atoms with Gasteiger partial charge < -0.3 is 0 Å². The molecule has 1 aromatic heterocycles. The Morgan fingerprint density at radius 3 is 2.50 bits per heavy atom. The Labute approximate surface area is 120 Å². The molecule has 92 valence electrons. The molecule has 0 amide bonds. The standard InChI is InChI=1S/C13H20Br2S/c1-3-4-5-6-7-8-11(14)13-12(15)9-10(2)16-13/h9,11H,3-8H2,1-2H3. The maximum Gasteiger partial charge on any atom is 0.0500 e. The number of aryl methyl sites for hydroxylation is 1. The molecule has 0 saturated carbocycles. The molecule has 3 heteroatoms. The van der Waals surface area contributed by atoms with Crippen LogP contribution in [0.5, 0.6) is 0 Å². The summed E-state index contributed by atoms with van der Waals surface area (Å²) in [6, 6.07) is 2.21. The molecule has 0 bridgehead atoms. The Bertz CT molecular complexity index is 307. The molecule has 0 spiro atoms. The van der Waals surface area contributed by atoms with Gasteiger partial charge in [-0.15, -0.1) is 11.3 Å². The number of alkyl halides is 1. The largest absolute Gasteiger partial charge is 0.143 e. The molecule has 0 radical (unpaired) electrons.